The Bertz CT molecular complexity index is 470. The van der Waals surface area contributed by atoms with E-state index in [1.54, 1.807) is 0 Å². The first kappa shape index (κ1) is 16.2. The summed E-state index contributed by atoms with van der Waals surface area (Å²) in [7, 11) is 0. The molecule has 1 aliphatic rings. The van der Waals surface area contributed by atoms with E-state index in [4.69, 9.17) is 4.74 Å². The molecule has 1 aromatic rings. The SMILES string of the molecule is O[C@@H]1[C@H](O)[C@H](O)CO[C@@H]1Nc1ccc(OC(F)(F)Cl)cc1. The molecule has 6 nitrogen and oxygen atoms in total. The van der Waals surface area contributed by atoms with Gasteiger partial charge in [0.2, 0.25) is 0 Å². The first-order valence-corrected chi connectivity index (χ1v) is 6.42. The summed E-state index contributed by atoms with van der Waals surface area (Å²) >= 11 is 4.64. The van der Waals surface area contributed by atoms with Crippen molar-refractivity contribution < 1.29 is 33.6 Å². The Hall–Kier alpha value is -1.19. The maximum atomic E-state index is 12.4. The number of ether oxygens (including phenoxy) is 2. The normalized spacial score (nSPS) is 30.0. The number of rotatable bonds is 4. The van der Waals surface area contributed by atoms with Crippen LogP contribution in [0.3, 0.4) is 0 Å². The molecule has 0 radical (unpaired) electrons. The first-order chi connectivity index (χ1) is 9.76. The van der Waals surface area contributed by atoms with Gasteiger partial charge in [-0.1, -0.05) is 0 Å². The second-order valence-corrected chi connectivity index (χ2v) is 4.96. The van der Waals surface area contributed by atoms with E-state index < -0.39 is 30.1 Å². The maximum Gasteiger partial charge on any atom is 0.487 e. The van der Waals surface area contributed by atoms with E-state index in [2.05, 4.69) is 21.7 Å². The number of benzene rings is 1. The smallest absolute Gasteiger partial charge is 0.420 e. The summed E-state index contributed by atoms with van der Waals surface area (Å²) in [5.74, 6) is -0.138. The molecule has 1 saturated heterocycles. The lowest BCUT2D eigenvalue weighted by Gasteiger charge is -2.35. The van der Waals surface area contributed by atoms with Gasteiger partial charge in [-0.3, -0.25) is 0 Å². The van der Waals surface area contributed by atoms with Crippen molar-refractivity contribution in [1.82, 2.24) is 0 Å². The van der Waals surface area contributed by atoms with Crippen LogP contribution in [0.5, 0.6) is 5.75 Å². The minimum atomic E-state index is -3.79. The monoisotopic (exact) mass is 325 g/mol. The van der Waals surface area contributed by atoms with E-state index >= 15 is 0 Å². The molecule has 0 unspecified atom stereocenters. The van der Waals surface area contributed by atoms with Crippen LogP contribution in [-0.2, 0) is 4.74 Å². The molecule has 0 spiro atoms. The zero-order chi connectivity index (χ0) is 15.6. The van der Waals surface area contributed by atoms with Crippen LogP contribution in [0.2, 0.25) is 0 Å². The van der Waals surface area contributed by atoms with E-state index in [1.165, 1.54) is 24.3 Å². The Balaban J connectivity index is 1.97. The van der Waals surface area contributed by atoms with Crippen molar-refractivity contribution in [3.8, 4) is 5.75 Å². The Morgan fingerprint density at radius 2 is 1.81 bits per heavy atom. The highest BCUT2D eigenvalue weighted by Crippen LogP contribution is 2.26. The highest BCUT2D eigenvalue weighted by atomic mass is 35.5. The molecule has 0 amide bonds. The van der Waals surface area contributed by atoms with Crippen molar-refractivity contribution in [2.24, 2.45) is 0 Å². The number of hydrogen-bond donors (Lipinski definition) is 4. The van der Waals surface area contributed by atoms with Gasteiger partial charge >= 0.3 is 5.57 Å². The Labute approximate surface area is 123 Å². The Morgan fingerprint density at radius 3 is 2.38 bits per heavy atom. The van der Waals surface area contributed by atoms with Crippen LogP contribution in [0, 0.1) is 0 Å². The van der Waals surface area contributed by atoms with Gasteiger partial charge in [-0.25, -0.2) is 0 Å². The summed E-state index contributed by atoms with van der Waals surface area (Å²) in [4.78, 5) is 0. The van der Waals surface area contributed by atoms with Crippen molar-refractivity contribution >= 4 is 17.3 Å². The van der Waals surface area contributed by atoms with Gasteiger partial charge in [0.15, 0.2) is 6.23 Å². The van der Waals surface area contributed by atoms with Crippen LogP contribution in [-0.4, -0.2) is 52.0 Å². The van der Waals surface area contributed by atoms with Crippen molar-refractivity contribution in [2.75, 3.05) is 11.9 Å². The van der Waals surface area contributed by atoms with E-state index in [9.17, 15) is 24.1 Å². The van der Waals surface area contributed by atoms with Gasteiger partial charge in [0.1, 0.15) is 24.1 Å². The molecule has 1 heterocycles. The van der Waals surface area contributed by atoms with Crippen LogP contribution in [0.15, 0.2) is 24.3 Å². The molecule has 2 rings (SSSR count). The number of alkyl halides is 3. The molecule has 0 bridgehead atoms. The zero-order valence-corrected chi connectivity index (χ0v) is 11.4. The lowest BCUT2D eigenvalue weighted by Crippen LogP contribution is -2.55. The van der Waals surface area contributed by atoms with Gasteiger partial charge in [-0.15, -0.1) is 8.78 Å². The van der Waals surface area contributed by atoms with Crippen LogP contribution in [0.25, 0.3) is 0 Å². The van der Waals surface area contributed by atoms with Gasteiger partial charge in [0, 0.05) is 17.3 Å². The van der Waals surface area contributed by atoms with E-state index in [0.29, 0.717) is 5.69 Å². The fourth-order valence-electron chi connectivity index (χ4n) is 1.85. The predicted octanol–water partition coefficient (Wildman–Crippen LogP) is 0.705. The molecule has 0 aromatic heterocycles. The number of hydrogen-bond acceptors (Lipinski definition) is 6. The van der Waals surface area contributed by atoms with E-state index in [0.717, 1.165) is 0 Å². The molecule has 1 fully saturated rings. The highest BCUT2D eigenvalue weighted by Gasteiger charge is 2.37. The highest BCUT2D eigenvalue weighted by molar-refractivity contribution is 6.20. The van der Waals surface area contributed by atoms with Gasteiger partial charge in [-0.05, 0) is 24.3 Å². The molecule has 1 aromatic carbocycles. The molecule has 4 atom stereocenters. The minimum Gasteiger partial charge on any atom is -0.420 e. The largest absolute Gasteiger partial charge is 0.487 e. The summed E-state index contributed by atoms with van der Waals surface area (Å²) in [5.41, 5.74) is -3.36. The van der Waals surface area contributed by atoms with Crippen molar-refractivity contribution in [1.29, 1.82) is 0 Å². The topological polar surface area (TPSA) is 91.2 Å². The number of aliphatic hydroxyl groups is 3. The zero-order valence-electron chi connectivity index (χ0n) is 10.6. The van der Waals surface area contributed by atoms with E-state index in [-0.39, 0.29) is 12.4 Å². The predicted molar refractivity (Wildman–Crippen MR) is 69.3 cm³/mol. The molecular formula is C12H14ClF2NO5. The molecule has 21 heavy (non-hydrogen) atoms. The molecule has 1 aliphatic heterocycles. The third-order valence-corrected chi connectivity index (χ3v) is 2.97. The second kappa shape index (κ2) is 6.29. The molecule has 9 heteroatoms. The first-order valence-electron chi connectivity index (χ1n) is 6.04. The Morgan fingerprint density at radius 1 is 1.19 bits per heavy atom. The summed E-state index contributed by atoms with van der Waals surface area (Å²) in [6.07, 6.45) is -4.78. The summed E-state index contributed by atoms with van der Waals surface area (Å²) in [6.45, 7) is -0.143. The van der Waals surface area contributed by atoms with Crippen LogP contribution in [0.1, 0.15) is 0 Å². The molecule has 118 valence electrons. The lowest BCUT2D eigenvalue weighted by molar-refractivity contribution is -0.178. The fourth-order valence-corrected chi connectivity index (χ4v) is 1.94. The molecule has 0 saturated carbocycles. The third-order valence-electron chi connectivity index (χ3n) is 2.90. The van der Waals surface area contributed by atoms with Gasteiger partial charge < -0.3 is 30.1 Å². The van der Waals surface area contributed by atoms with Gasteiger partial charge in [-0.2, -0.15) is 0 Å². The summed E-state index contributed by atoms with van der Waals surface area (Å²) in [5, 5.41) is 31.3. The number of anilines is 1. The van der Waals surface area contributed by atoms with Crippen LogP contribution < -0.4 is 10.1 Å². The maximum absolute atomic E-state index is 12.4. The van der Waals surface area contributed by atoms with Crippen LogP contribution >= 0.6 is 11.6 Å². The average molecular weight is 326 g/mol. The van der Waals surface area contributed by atoms with E-state index in [1.807, 2.05) is 0 Å². The lowest BCUT2D eigenvalue weighted by atomic mass is 10.0. The third kappa shape index (κ3) is 4.39. The fraction of sp³-hybridized carbons (Fsp3) is 0.500. The standard InChI is InChI=1S/C12H14ClF2NO5/c13-12(14,15)21-7-3-1-6(2-4-7)16-11-10(19)9(18)8(17)5-20-11/h1-4,8-11,16-19H,5H2/t8-,9-,10-,11+/m1/s1. The number of aliphatic hydroxyl groups excluding tert-OH is 3. The van der Waals surface area contributed by atoms with Gasteiger partial charge in [0.25, 0.3) is 0 Å². The van der Waals surface area contributed by atoms with Crippen LogP contribution in [0.4, 0.5) is 14.5 Å². The molecular weight excluding hydrogens is 312 g/mol. The second-order valence-electron chi connectivity index (χ2n) is 4.52. The quantitative estimate of drug-likeness (QED) is 0.609. The van der Waals surface area contributed by atoms with Crippen molar-refractivity contribution in [3.05, 3.63) is 24.3 Å². The molecule has 4 N–H and O–H groups in total. The Kier molecular flexibility index (Phi) is 4.84. The average Bonchev–Trinajstić information content (AvgIpc) is 2.40. The number of halogens is 3. The van der Waals surface area contributed by atoms with Crippen molar-refractivity contribution in [3.63, 3.8) is 0 Å². The summed E-state index contributed by atoms with van der Waals surface area (Å²) in [6, 6.07) is 5.31. The molecule has 0 aliphatic carbocycles. The van der Waals surface area contributed by atoms with Crippen molar-refractivity contribution in [2.45, 2.75) is 30.1 Å². The minimum absolute atomic E-state index is 0.138. The summed E-state index contributed by atoms with van der Waals surface area (Å²) < 4.78 is 34.2. The van der Waals surface area contributed by atoms with Gasteiger partial charge in [0.05, 0.1) is 6.61 Å². The number of nitrogens with one attached hydrogen (secondary N) is 1.